The summed E-state index contributed by atoms with van der Waals surface area (Å²) < 4.78 is 6.37. The van der Waals surface area contributed by atoms with Gasteiger partial charge in [0.2, 0.25) is 0 Å². The molecule has 1 aliphatic rings. The molecule has 2 rings (SSSR count). The first-order chi connectivity index (χ1) is 8.16. The van der Waals surface area contributed by atoms with Crippen molar-refractivity contribution in [2.75, 3.05) is 12.5 Å². The minimum Gasteiger partial charge on any atom is -0.478 e. The first kappa shape index (κ1) is 12.9. The van der Waals surface area contributed by atoms with E-state index in [1.807, 2.05) is 6.07 Å². The molecule has 1 N–H and O–H groups in total. The van der Waals surface area contributed by atoms with Gasteiger partial charge in [-0.25, -0.2) is 4.79 Å². The number of rotatable bonds is 6. The van der Waals surface area contributed by atoms with Gasteiger partial charge in [0.25, 0.3) is 0 Å². The van der Waals surface area contributed by atoms with E-state index in [0.717, 1.165) is 21.9 Å². The van der Waals surface area contributed by atoms with E-state index in [2.05, 4.69) is 15.9 Å². The Bertz CT molecular complexity index is 418. The van der Waals surface area contributed by atoms with Gasteiger partial charge in [-0.15, -0.1) is 0 Å². The lowest BCUT2D eigenvalue weighted by Crippen LogP contribution is -2.00. The van der Waals surface area contributed by atoms with Crippen molar-refractivity contribution in [3.63, 3.8) is 0 Å². The molecular weight excluding hydrogens is 304 g/mol. The summed E-state index contributed by atoms with van der Waals surface area (Å²) in [7, 11) is 0. The van der Waals surface area contributed by atoms with Gasteiger partial charge in [0.05, 0.1) is 18.1 Å². The van der Waals surface area contributed by atoms with Crippen LogP contribution in [0.1, 0.15) is 23.2 Å². The molecule has 0 atom stereocenters. The fraction of sp³-hybridized carbons (Fsp3) is 0.417. The number of thioether (sulfide) groups is 1. The maximum absolute atomic E-state index is 11.0. The van der Waals surface area contributed by atoms with Crippen LogP contribution in [0, 0.1) is 5.92 Å². The molecule has 0 saturated heterocycles. The standard InChI is InChI=1S/C12H13BrO3S/c13-9-3-4-10(12(14)15)11(5-9)17-7-16-6-8-1-2-8/h3-5,8H,1-2,6-7H2,(H,14,15). The summed E-state index contributed by atoms with van der Waals surface area (Å²) in [5.74, 6) is 0.340. The molecule has 1 aliphatic carbocycles. The highest BCUT2D eigenvalue weighted by molar-refractivity contribution is 9.10. The van der Waals surface area contributed by atoms with E-state index < -0.39 is 5.97 Å². The number of benzene rings is 1. The molecule has 0 radical (unpaired) electrons. The molecule has 5 heteroatoms. The first-order valence-electron chi connectivity index (χ1n) is 5.40. The second-order valence-corrected chi connectivity index (χ2v) is 5.90. The zero-order chi connectivity index (χ0) is 12.3. The summed E-state index contributed by atoms with van der Waals surface area (Å²) in [4.78, 5) is 11.8. The topological polar surface area (TPSA) is 46.5 Å². The number of carboxylic acid groups (broad SMARTS) is 1. The zero-order valence-corrected chi connectivity index (χ0v) is 11.6. The van der Waals surface area contributed by atoms with Gasteiger partial charge in [0.1, 0.15) is 0 Å². The molecule has 0 spiro atoms. The SMILES string of the molecule is O=C(O)c1ccc(Br)cc1SCOCC1CC1. The number of ether oxygens (including phenoxy) is 1. The summed E-state index contributed by atoms with van der Waals surface area (Å²) in [5.41, 5.74) is 0.327. The van der Waals surface area contributed by atoms with Gasteiger partial charge in [-0.2, -0.15) is 0 Å². The van der Waals surface area contributed by atoms with Crippen molar-refractivity contribution in [3.8, 4) is 0 Å². The number of hydrogen-bond acceptors (Lipinski definition) is 3. The lowest BCUT2D eigenvalue weighted by Gasteiger charge is -2.07. The number of aromatic carboxylic acids is 1. The maximum Gasteiger partial charge on any atom is 0.336 e. The highest BCUT2D eigenvalue weighted by Gasteiger charge is 2.21. The van der Waals surface area contributed by atoms with Crippen LogP contribution in [-0.4, -0.2) is 23.6 Å². The van der Waals surface area contributed by atoms with Crippen LogP contribution in [0.25, 0.3) is 0 Å². The summed E-state index contributed by atoms with van der Waals surface area (Å²) in [6.45, 7) is 0.795. The Balaban J connectivity index is 1.92. The maximum atomic E-state index is 11.0. The fourth-order valence-corrected chi connectivity index (χ4v) is 2.74. The molecular formula is C12H13BrO3S. The number of carboxylic acids is 1. The lowest BCUT2D eigenvalue weighted by atomic mass is 10.2. The van der Waals surface area contributed by atoms with Gasteiger partial charge in [0.15, 0.2) is 0 Å². The van der Waals surface area contributed by atoms with Gasteiger partial charge in [-0.3, -0.25) is 0 Å². The Kier molecular flexibility index (Phi) is 4.48. The van der Waals surface area contributed by atoms with Gasteiger partial charge in [0, 0.05) is 9.37 Å². The molecule has 0 heterocycles. The molecule has 92 valence electrons. The van der Waals surface area contributed by atoms with Crippen molar-refractivity contribution < 1.29 is 14.6 Å². The van der Waals surface area contributed by atoms with E-state index in [1.165, 1.54) is 24.6 Å². The van der Waals surface area contributed by atoms with Crippen molar-refractivity contribution in [1.82, 2.24) is 0 Å². The molecule has 0 amide bonds. The monoisotopic (exact) mass is 316 g/mol. The molecule has 1 aromatic rings. The van der Waals surface area contributed by atoms with Crippen molar-refractivity contribution in [1.29, 1.82) is 0 Å². The number of hydrogen-bond donors (Lipinski definition) is 1. The van der Waals surface area contributed by atoms with Crippen LogP contribution in [0.5, 0.6) is 0 Å². The van der Waals surface area contributed by atoms with E-state index in [1.54, 1.807) is 12.1 Å². The third kappa shape index (κ3) is 4.01. The summed E-state index contributed by atoms with van der Waals surface area (Å²) in [5, 5.41) is 9.04. The smallest absolute Gasteiger partial charge is 0.336 e. The Morgan fingerprint density at radius 3 is 2.94 bits per heavy atom. The van der Waals surface area contributed by atoms with E-state index in [-0.39, 0.29) is 0 Å². The quantitative estimate of drug-likeness (QED) is 0.494. The van der Waals surface area contributed by atoms with Crippen molar-refractivity contribution >= 4 is 33.7 Å². The fourth-order valence-electron chi connectivity index (χ4n) is 1.40. The first-order valence-corrected chi connectivity index (χ1v) is 7.18. The van der Waals surface area contributed by atoms with Crippen LogP contribution in [0.4, 0.5) is 0 Å². The van der Waals surface area contributed by atoms with Gasteiger partial charge >= 0.3 is 5.97 Å². The van der Waals surface area contributed by atoms with Gasteiger partial charge < -0.3 is 9.84 Å². The van der Waals surface area contributed by atoms with Crippen LogP contribution in [-0.2, 0) is 4.74 Å². The van der Waals surface area contributed by atoms with E-state index >= 15 is 0 Å². The predicted octanol–water partition coefficient (Wildman–Crippen LogP) is 3.62. The average molecular weight is 317 g/mol. The number of carbonyl (C=O) groups is 1. The molecule has 1 fully saturated rings. The summed E-state index contributed by atoms with van der Waals surface area (Å²) in [6, 6.07) is 5.16. The molecule has 1 aromatic carbocycles. The molecule has 0 unspecified atom stereocenters. The predicted molar refractivity (Wildman–Crippen MR) is 70.5 cm³/mol. The van der Waals surface area contributed by atoms with Crippen LogP contribution >= 0.6 is 27.7 Å². The van der Waals surface area contributed by atoms with Gasteiger partial charge in [-0.1, -0.05) is 27.7 Å². The van der Waals surface area contributed by atoms with Crippen LogP contribution in [0.3, 0.4) is 0 Å². The third-order valence-electron chi connectivity index (χ3n) is 2.52. The van der Waals surface area contributed by atoms with Crippen LogP contribution < -0.4 is 0 Å². The Labute approximate surface area is 113 Å². The van der Waals surface area contributed by atoms with Crippen molar-refractivity contribution in [2.24, 2.45) is 5.92 Å². The summed E-state index contributed by atoms with van der Waals surface area (Å²) in [6.07, 6.45) is 2.53. The zero-order valence-electron chi connectivity index (χ0n) is 9.19. The normalized spacial score (nSPS) is 14.9. The molecule has 1 saturated carbocycles. The van der Waals surface area contributed by atoms with Crippen molar-refractivity contribution in [2.45, 2.75) is 17.7 Å². The molecule has 0 aliphatic heterocycles. The molecule has 17 heavy (non-hydrogen) atoms. The van der Waals surface area contributed by atoms with E-state index in [4.69, 9.17) is 9.84 Å². The van der Waals surface area contributed by atoms with Crippen LogP contribution in [0.2, 0.25) is 0 Å². The minimum atomic E-state index is -0.901. The highest BCUT2D eigenvalue weighted by atomic mass is 79.9. The van der Waals surface area contributed by atoms with Crippen LogP contribution in [0.15, 0.2) is 27.6 Å². The van der Waals surface area contributed by atoms with Crippen molar-refractivity contribution in [3.05, 3.63) is 28.2 Å². The second kappa shape index (κ2) is 5.89. The Morgan fingerprint density at radius 1 is 1.53 bits per heavy atom. The molecule has 3 nitrogen and oxygen atoms in total. The minimum absolute atomic E-state index is 0.327. The summed E-state index contributed by atoms with van der Waals surface area (Å²) >= 11 is 4.77. The third-order valence-corrected chi connectivity index (χ3v) is 3.95. The van der Waals surface area contributed by atoms with E-state index in [9.17, 15) is 4.79 Å². The van der Waals surface area contributed by atoms with E-state index in [0.29, 0.717) is 11.5 Å². The molecule has 0 aromatic heterocycles. The second-order valence-electron chi connectivity index (χ2n) is 4.02. The van der Waals surface area contributed by atoms with Gasteiger partial charge in [-0.05, 0) is 37.0 Å². The average Bonchev–Trinajstić information content (AvgIpc) is 3.08. The Morgan fingerprint density at radius 2 is 2.29 bits per heavy atom. The Hall–Kier alpha value is -0.520. The number of halogens is 1. The molecule has 0 bridgehead atoms. The lowest BCUT2D eigenvalue weighted by molar-refractivity contribution is 0.0693. The highest BCUT2D eigenvalue weighted by Crippen LogP contribution is 2.30. The largest absolute Gasteiger partial charge is 0.478 e.